The second-order valence-electron chi connectivity index (χ2n) is 7.05. The molecule has 0 radical (unpaired) electrons. The molecule has 3 heteroatoms. The van der Waals surface area contributed by atoms with Gasteiger partial charge in [0.15, 0.2) is 0 Å². The predicted octanol–water partition coefficient (Wildman–Crippen LogP) is 1.68. The van der Waals surface area contributed by atoms with Crippen molar-refractivity contribution < 1.29 is 0 Å². The fourth-order valence-electron chi connectivity index (χ4n) is 3.84. The van der Waals surface area contributed by atoms with Crippen LogP contribution in [0, 0.1) is 0 Å². The molecule has 116 valence electrons. The average molecular weight is 287 g/mol. The smallest absolute Gasteiger partial charge is 0.0235 e. The minimum atomic E-state index is 0.267. The Labute approximate surface area is 129 Å². The van der Waals surface area contributed by atoms with Gasteiger partial charge in [-0.1, -0.05) is 18.2 Å². The Balaban J connectivity index is 1.57. The van der Waals surface area contributed by atoms with Crippen LogP contribution in [0.1, 0.15) is 29.5 Å². The first kappa shape index (κ1) is 15.0. The van der Waals surface area contributed by atoms with Gasteiger partial charge in [-0.3, -0.25) is 0 Å². The molecule has 0 saturated carbocycles. The first-order valence-electron chi connectivity index (χ1n) is 8.37. The molecule has 2 N–H and O–H groups in total. The number of fused-ring (bicyclic) bond motifs is 1. The lowest BCUT2D eigenvalue weighted by Crippen LogP contribution is -2.51. The molecule has 1 heterocycles. The largest absolute Gasteiger partial charge is 0.327 e. The zero-order chi connectivity index (χ0) is 14.8. The van der Waals surface area contributed by atoms with Gasteiger partial charge in [-0.15, -0.1) is 0 Å². The number of benzene rings is 1. The molecular formula is C18H29N3. The monoisotopic (exact) mass is 287 g/mol. The molecule has 1 saturated heterocycles. The third kappa shape index (κ3) is 3.65. The third-order valence-corrected chi connectivity index (χ3v) is 5.22. The van der Waals surface area contributed by atoms with E-state index in [1.54, 1.807) is 11.1 Å². The Morgan fingerprint density at radius 1 is 1.19 bits per heavy atom. The molecule has 3 rings (SSSR count). The number of piperazine rings is 1. The normalized spacial score (nSPS) is 25.0. The fraction of sp³-hybridized carbons (Fsp3) is 0.667. The van der Waals surface area contributed by atoms with Crippen LogP contribution in [0.4, 0.5) is 0 Å². The van der Waals surface area contributed by atoms with Crippen molar-refractivity contribution in [3.8, 4) is 0 Å². The summed E-state index contributed by atoms with van der Waals surface area (Å²) in [6, 6.07) is 7.89. The molecule has 0 aromatic heterocycles. The van der Waals surface area contributed by atoms with Crippen LogP contribution in [-0.4, -0.2) is 55.6 Å². The van der Waals surface area contributed by atoms with E-state index in [0.717, 1.165) is 25.9 Å². The lowest BCUT2D eigenvalue weighted by Gasteiger charge is -2.38. The van der Waals surface area contributed by atoms with E-state index in [4.69, 9.17) is 5.73 Å². The van der Waals surface area contributed by atoms with Crippen molar-refractivity contribution in [2.45, 2.75) is 44.2 Å². The Hall–Kier alpha value is -0.900. The number of likely N-dealkylation sites (N-methyl/N-ethyl adjacent to an activating group) is 2. The van der Waals surface area contributed by atoms with Crippen molar-refractivity contribution in [3.05, 3.63) is 34.9 Å². The maximum atomic E-state index is 6.44. The minimum absolute atomic E-state index is 0.267. The molecule has 2 atom stereocenters. The summed E-state index contributed by atoms with van der Waals surface area (Å²) in [5, 5.41) is 0. The Kier molecular flexibility index (Phi) is 4.63. The molecule has 1 aromatic rings. The SMILES string of the molecule is CN1CCN(C)C(CC(N)Cc2ccc3c(c2)CCC3)C1. The van der Waals surface area contributed by atoms with E-state index >= 15 is 0 Å². The average Bonchev–Trinajstić information content (AvgIpc) is 2.90. The third-order valence-electron chi connectivity index (χ3n) is 5.22. The highest BCUT2D eigenvalue weighted by Crippen LogP contribution is 2.23. The summed E-state index contributed by atoms with van der Waals surface area (Å²) >= 11 is 0. The molecule has 1 aromatic carbocycles. The van der Waals surface area contributed by atoms with Gasteiger partial charge in [0.2, 0.25) is 0 Å². The maximum absolute atomic E-state index is 6.44. The van der Waals surface area contributed by atoms with Crippen molar-refractivity contribution in [1.29, 1.82) is 0 Å². The van der Waals surface area contributed by atoms with Gasteiger partial charge in [-0.05, 0) is 62.9 Å². The standard InChI is InChI=1S/C18H29N3/c1-20-8-9-21(2)18(13-20)12-17(19)11-14-6-7-15-4-3-5-16(15)10-14/h6-7,10,17-18H,3-5,8-9,11-13,19H2,1-2H3. The van der Waals surface area contributed by atoms with E-state index in [0.29, 0.717) is 6.04 Å². The number of nitrogens with zero attached hydrogens (tertiary/aromatic N) is 2. The minimum Gasteiger partial charge on any atom is -0.327 e. The fourth-order valence-corrected chi connectivity index (χ4v) is 3.84. The van der Waals surface area contributed by atoms with Crippen molar-refractivity contribution in [2.24, 2.45) is 5.73 Å². The topological polar surface area (TPSA) is 32.5 Å². The first-order valence-corrected chi connectivity index (χ1v) is 8.37. The second kappa shape index (κ2) is 6.47. The van der Waals surface area contributed by atoms with Gasteiger partial charge in [0.25, 0.3) is 0 Å². The quantitative estimate of drug-likeness (QED) is 0.914. The van der Waals surface area contributed by atoms with Gasteiger partial charge in [0, 0.05) is 31.7 Å². The Morgan fingerprint density at radius 2 is 2.00 bits per heavy atom. The van der Waals surface area contributed by atoms with Crippen molar-refractivity contribution >= 4 is 0 Å². The van der Waals surface area contributed by atoms with Gasteiger partial charge in [0.05, 0.1) is 0 Å². The summed E-state index contributed by atoms with van der Waals surface area (Å²) in [6.45, 7) is 3.48. The Morgan fingerprint density at radius 3 is 2.86 bits per heavy atom. The number of hydrogen-bond acceptors (Lipinski definition) is 3. The first-order chi connectivity index (χ1) is 10.1. The summed E-state index contributed by atoms with van der Waals surface area (Å²) in [4.78, 5) is 4.90. The second-order valence-corrected chi connectivity index (χ2v) is 7.05. The highest BCUT2D eigenvalue weighted by atomic mass is 15.3. The van der Waals surface area contributed by atoms with Crippen molar-refractivity contribution in [2.75, 3.05) is 33.7 Å². The van der Waals surface area contributed by atoms with Crippen LogP contribution in [0.5, 0.6) is 0 Å². The van der Waals surface area contributed by atoms with Crippen LogP contribution >= 0.6 is 0 Å². The van der Waals surface area contributed by atoms with Gasteiger partial charge in [0.1, 0.15) is 0 Å². The van der Waals surface area contributed by atoms with Crippen LogP contribution in [0.3, 0.4) is 0 Å². The van der Waals surface area contributed by atoms with Crippen LogP contribution in [0.2, 0.25) is 0 Å². The zero-order valence-electron chi connectivity index (χ0n) is 13.5. The summed E-state index contributed by atoms with van der Waals surface area (Å²) in [6.07, 6.45) is 5.96. The van der Waals surface area contributed by atoms with Gasteiger partial charge >= 0.3 is 0 Å². The number of rotatable bonds is 4. The van der Waals surface area contributed by atoms with E-state index in [-0.39, 0.29) is 6.04 Å². The molecule has 21 heavy (non-hydrogen) atoms. The summed E-state index contributed by atoms with van der Waals surface area (Å²) < 4.78 is 0. The molecular weight excluding hydrogens is 258 g/mol. The molecule has 0 bridgehead atoms. The van der Waals surface area contributed by atoms with Crippen LogP contribution in [-0.2, 0) is 19.3 Å². The van der Waals surface area contributed by atoms with E-state index in [9.17, 15) is 0 Å². The highest BCUT2D eigenvalue weighted by molar-refractivity contribution is 5.35. The molecule has 0 spiro atoms. The maximum Gasteiger partial charge on any atom is 0.0235 e. The van der Waals surface area contributed by atoms with E-state index in [1.807, 2.05) is 0 Å². The molecule has 0 amide bonds. The summed E-state index contributed by atoms with van der Waals surface area (Å²) in [5.41, 5.74) is 11.0. The zero-order valence-corrected chi connectivity index (χ0v) is 13.5. The lowest BCUT2D eigenvalue weighted by atomic mass is 9.96. The van der Waals surface area contributed by atoms with Gasteiger partial charge in [-0.2, -0.15) is 0 Å². The molecule has 1 fully saturated rings. The van der Waals surface area contributed by atoms with E-state index < -0.39 is 0 Å². The van der Waals surface area contributed by atoms with Crippen LogP contribution in [0.15, 0.2) is 18.2 Å². The number of aryl methyl sites for hydroxylation is 2. The number of hydrogen-bond donors (Lipinski definition) is 1. The van der Waals surface area contributed by atoms with Crippen LogP contribution < -0.4 is 5.73 Å². The molecule has 2 aliphatic rings. The number of nitrogens with two attached hydrogens (primary N) is 1. The lowest BCUT2D eigenvalue weighted by molar-refractivity contribution is 0.104. The van der Waals surface area contributed by atoms with E-state index in [1.165, 1.54) is 31.4 Å². The van der Waals surface area contributed by atoms with E-state index in [2.05, 4.69) is 42.1 Å². The van der Waals surface area contributed by atoms with Crippen molar-refractivity contribution in [1.82, 2.24) is 9.80 Å². The molecule has 2 unspecified atom stereocenters. The molecule has 1 aliphatic carbocycles. The summed E-state index contributed by atoms with van der Waals surface area (Å²) in [5.74, 6) is 0. The molecule has 3 nitrogen and oxygen atoms in total. The predicted molar refractivity (Wildman–Crippen MR) is 88.7 cm³/mol. The van der Waals surface area contributed by atoms with Crippen molar-refractivity contribution in [3.63, 3.8) is 0 Å². The summed E-state index contributed by atoms with van der Waals surface area (Å²) in [7, 11) is 4.45. The van der Waals surface area contributed by atoms with Gasteiger partial charge < -0.3 is 15.5 Å². The highest BCUT2D eigenvalue weighted by Gasteiger charge is 2.24. The molecule has 1 aliphatic heterocycles. The van der Waals surface area contributed by atoms with Gasteiger partial charge in [-0.25, -0.2) is 0 Å². The Bertz CT molecular complexity index is 485. The van der Waals surface area contributed by atoms with Crippen LogP contribution in [0.25, 0.3) is 0 Å².